The summed E-state index contributed by atoms with van der Waals surface area (Å²) < 4.78 is 11.8. The minimum absolute atomic E-state index is 0.0506. The van der Waals surface area contributed by atoms with E-state index in [-0.39, 0.29) is 40.1 Å². The molecule has 0 aromatic rings. The summed E-state index contributed by atoms with van der Waals surface area (Å²) in [5.74, 6) is -0.905. The van der Waals surface area contributed by atoms with Gasteiger partial charge in [-0.05, 0) is 51.1 Å². The summed E-state index contributed by atoms with van der Waals surface area (Å²) in [5.41, 5.74) is -0.477. The molecule has 8 heteroatoms. The minimum atomic E-state index is -2.01. The molecule has 2 amide bonds. The van der Waals surface area contributed by atoms with Gasteiger partial charge >= 0.3 is 0 Å². The van der Waals surface area contributed by atoms with Gasteiger partial charge in [-0.1, -0.05) is 27.7 Å². The first-order valence-corrected chi connectivity index (χ1v) is 12.9. The molecule has 6 nitrogen and oxygen atoms in total. The number of carbonyl (C=O) groups is 2. The first-order valence-electron chi connectivity index (χ1n) is 9.59. The number of nitrogens with zero attached hydrogens (tertiary/aromatic N) is 1. The van der Waals surface area contributed by atoms with Crippen molar-refractivity contribution in [3.63, 3.8) is 0 Å². The third-order valence-electron chi connectivity index (χ3n) is 6.28. The van der Waals surface area contributed by atoms with Crippen molar-refractivity contribution in [3.8, 4) is 0 Å². The van der Waals surface area contributed by atoms with Crippen LogP contribution in [0.2, 0.25) is 18.1 Å². The van der Waals surface area contributed by atoms with Crippen LogP contribution in [-0.2, 0) is 18.8 Å². The van der Waals surface area contributed by atoms with E-state index in [1.807, 2.05) is 27.7 Å². The summed E-state index contributed by atoms with van der Waals surface area (Å²) >= 11 is 5.22. The van der Waals surface area contributed by atoms with E-state index < -0.39 is 19.8 Å². The quantitative estimate of drug-likeness (QED) is 0.425. The highest BCUT2D eigenvalue weighted by Crippen LogP contribution is 2.40. The predicted octanol–water partition coefficient (Wildman–Crippen LogP) is 3.07. The van der Waals surface area contributed by atoms with Crippen molar-refractivity contribution in [1.29, 1.82) is 0 Å². The average molecular weight is 415 g/mol. The third-order valence-corrected chi connectivity index (χ3v) is 11.2. The van der Waals surface area contributed by atoms with E-state index in [2.05, 4.69) is 39.2 Å². The van der Waals surface area contributed by atoms with Gasteiger partial charge in [-0.15, -0.1) is 0 Å². The van der Waals surface area contributed by atoms with Crippen LogP contribution in [0, 0.1) is 11.8 Å². The van der Waals surface area contributed by atoms with Crippen molar-refractivity contribution in [2.75, 3.05) is 6.61 Å². The Morgan fingerprint density at radius 2 is 1.93 bits per heavy atom. The number of nitrogens with one attached hydrogen (secondary N) is 1. The van der Waals surface area contributed by atoms with E-state index >= 15 is 0 Å². The van der Waals surface area contributed by atoms with Gasteiger partial charge < -0.3 is 14.5 Å². The van der Waals surface area contributed by atoms with E-state index in [4.69, 9.17) is 21.4 Å². The first-order chi connectivity index (χ1) is 12.1. The maximum Gasteiger partial charge on any atom is 0.266 e. The van der Waals surface area contributed by atoms with Gasteiger partial charge in [0.15, 0.2) is 8.32 Å². The summed E-state index contributed by atoms with van der Waals surface area (Å²) in [6.45, 7) is 18.9. The van der Waals surface area contributed by atoms with E-state index in [1.165, 1.54) is 0 Å². The van der Waals surface area contributed by atoms with E-state index in [0.29, 0.717) is 6.61 Å². The smallest absolute Gasteiger partial charge is 0.266 e. The van der Waals surface area contributed by atoms with Gasteiger partial charge in [-0.25, -0.2) is 0 Å². The Hall–Kier alpha value is -0.993. The second kappa shape index (κ2) is 7.11. The average Bonchev–Trinajstić information content (AvgIpc) is 2.74. The zero-order chi connectivity index (χ0) is 20.9. The molecule has 2 aliphatic rings. The number of hydrogen-bond donors (Lipinski definition) is 1. The normalized spacial score (nSPS) is 27.5. The number of ether oxygens (including phenoxy) is 1. The fourth-order valence-electron chi connectivity index (χ4n) is 3.43. The van der Waals surface area contributed by atoms with Crippen molar-refractivity contribution in [2.24, 2.45) is 11.8 Å². The lowest BCUT2D eigenvalue weighted by atomic mass is 9.78. The Kier molecular flexibility index (Phi) is 5.88. The molecule has 0 aromatic heterocycles. The molecule has 0 saturated carbocycles. The molecule has 0 aromatic carbocycles. The molecule has 2 saturated heterocycles. The van der Waals surface area contributed by atoms with Gasteiger partial charge in [0.25, 0.3) is 5.17 Å². The van der Waals surface area contributed by atoms with Gasteiger partial charge in [0, 0.05) is 0 Å². The second-order valence-corrected chi connectivity index (χ2v) is 15.1. The van der Waals surface area contributed by atoms with Crippen molar-refractivity contribution < 1.29 is 18.8 Å². The predicted molar refractivity (Wildman–Crippen MR) is 112 cm³/mol. The van der Waals surface area contributed by atoms with Crippen LogP contribution in [0.1, 0.15) is 48.5 Å². The number of thiocarbonyl (C=S) groups is 1. The SMILES string of the molecule is CC(O[Si](C)(C)C(C)(C)C)C1C(=O)NC1C(C)C(=O)N1C(=S)OCC1(C)C. The fraction of sp³-hybridized carbons (Fsp3) is 0.842. The molecular weight excluding hydrogens is 380 g/mol. The summed E-state index contributed by atoms with van der Waals surface area (Å²) in [7, 11) is -2.01. The highest BCUT2D eigenvalue weighted by Gasteiger charge is 2.53. The molecule has 154 valence electrons. The second-order valence-electron chi connectivity index (χ2n) is 9.97. The number of carbonyl (C=O) groups excluding carboxylic acids is 2. The molecule has 4 atom stereocenters. The summed E-state index contributed by atoms with van der Waals surface area (Å²) in [5, 5.41) is 3.18. The van der Waals surface area contributed by atoms with Crippen LogP contribution in [0.5, 0.6) is 0 Å². The van der Waals surface area contributed by atoms with Crippen molar-refractivity contribution >= 4 is 37.5 Å². The number of β-lactam (4-membered cyclic amide) rings is 1. The molecule has 4 unspecified atom stereocenters. The fourth-order valence-corrected chi connectivity index (χ4v) is 5.26. The number of rotatable bonds is 5. The Labute approximate surface area is 169 Å². The lowest BCUT2D eigenvalue weighted by Crippen LogP contribution is -2.68. The van der Waals surface area contributed by atoms with Gasteiger partial charge in [0.1, 0.15) is 6.61 Å². The highest BCUT2D eigenvalue weighted by molar-refractivity contribution is 7.80. The summed E-state index contributed by atoms with van der Waals surface area (Å²) in [6.07, 6.45) is -0.241. The van der Waals surface area contributed by atoms with Gasteiger partial charge in [-0.3, -0.25) is 14.5 Å². The van der Waals surface area contributed by atoms with Crippen LogP contribution in [-0.4, -0.2) is 54.5 Å². The molecule has 0 radical (unpaired) electrons. The van der Waals surface area contributed by atoms with Crippen LogP contribution in [0.4, 0.5) is 0 Å². The molecule has 2 rings (SSSR count). The van der Waals surface area contributed by atoms with E-state index in [0.717, 1.165) is 0 Å². The maximum absolute atomic E-state index is 13.1. The maximum atomic E-state index is 13.1. The number of amides is 2. The molecule has 27 heavy (non-hydrogen) atoms. The van der Waals surface area contributed by atoms with Gasteiger partial charge in [-0.2, -0.15) is 0 Å². The van der Waals surface area contributed by atoms with Crippen LogP contribution in [0.25, 0.3) is 0 Å². The van der Waals surface area contributed by atoms with Crippen LogP contribution < -0.4 is 5.32 Å². The minimum Gasteiger partial charge on any atom is -0.468 e. The van der Waals surface area contributed by atoms with Gasteiger partial charge in [0.2, 0.25) is 11.8 Å². The van der Waals surface area contributed by atoms with E-state index in [1.54, 1.807) is 4.90 Å². The molecule has 0 spiro atoms. The molecule has 0 aliphatic carbocycles. The Bertz CT molecular complexity index is 644. The van der Waals surface area contributed by atoms with Crippen LogP contribution in [0.15, 0.2) is 0 Å². The first kappa shape index (κ1) is 22.3. The topological polar surface area (TPSA) is 67.9 Å². The van der Waals surface area contributed by atoms with Crippen LogP contribution in [0.3, 0.4) is 0 Å². The molecule has 2 fully saturated rings. The lowest BCUT2D eigenvalue weighted by Gasteiger charge is -2.47. The van der Waals surface area contributed by atoms with Crippen molar-refractivity contribution in [3.05, 3.63) is 0 Å². The van der Waals surface area contributed by atoms with Crippen molar-refractivity contribution in [1.82, 2.24) is 10.2 Å². The summed E-state index contributed by atoms with van der Waals surface area (Å²) in [6, 6.07) is -0.260. The Morgan fingerprint density at radius 3 is 2.33 bits per heavy atom. The third kappa shape index (κ3) is 4.07. The van der Waals surface area contributed by atoms with E-state index in [9.17, 15) is 9.59 Å². The molecular formula is C19H34N2O4SSi. The van der Waals surface area contributed by atoms with Crippen LogP contribution >= 0.6 is 12.2 Å². The van der Waals surface area contributed by atoms with Crippen molar-refractivity contribution in [2.45, 2.75) is 84.3 Å². The molecule has 0 bridgehead atoms. The Balaban J connectivity index is 2.13. The number of hydrogen-bond acceptors (Lipinski definition) is 5. The largest absolute Gasteiger partial charge is 0.468 e. The lowest BCUT2D eigenvalue weighted by molar-refractivity contribution is -0.147. The summed E-state index contributed by atoms with van der Waals surface area (Å²) in [4.78, 5) is 27.0. The monoisotopic (exact) mass is 414 g/mol. The zero-order valence-corrected chi connectivity index (χ0v) is 19.8. The Morgan fingerprint density at radius 1 is 1.37 bits per heavy atom. The highest BCUT2D eigenvalue weighted by atomic mass is 32.1. The molecule has 1 N–H and O–H groups in total. The van der Waals surface area contributed by atoms with Gasteiger partial charge in [0.05, 0.1) is 29.5 Å². The molecule has 2 aliphatic heterocycles. The molecule has 2 heterocycles. The zero-order valence-electron chi connectivity index (χ0n) is 18.0. The standard InChI is InChI=1S/C19H34N2O4SSi/c1-11(16(23)21-17(26)24-10-19(21,6)7)14-13(15(22)20-14)12(2)25-27(8,9)18(3,4)5/h11-14H,10H2,1-9H3,(H,20,22).